The molecule has 2 amide bonds. The van der Waals surface area contributed by atoms with Crippen LogP contribution in [0.2, 0.25) is 0 Å². The molecule has 0 aliphatic heterocycles. The number of furan rings is 1. The third kappa shape index (κ3) is 4.32. The Balaban J connectivity index is 1.49. The van der Waals surface area contributed by atoms with E-state index in [2.05, 4.69) is 15.8 Å². The van der Waals surface area contributed by atoms with Crippen LogP contribution in [0.15, 0.2) is 65.3 Å². The second-order valence-corrected chi connectivity index (χ2v) is 5.49. The van der Waals surface area contributed by atoms with E-state index in [9.17, 15) is 14.0 Å². The molecule has 1 aromatic carbocycles. The summed E-state index contributed by atoms with van der Waals surface area (Å²) in [6, 6.07) is 12.9. The third-order valence-corrected chi connectivity index (χ3v) is 3.64. The number of halogens is 1. The van der Waals surface area contributed by atoms with Crippen molar-refractivity contribution in [2.75, 3.05) is 0 Å². The van der Waals surface area contributed by atoms with Gasteiger partial charge < -0.3 is 4.42 Å². The maximum absolute atomic E-state index is 13.7. The minimum atomic E-state index is -0.453. The molecule has 2 aromatic heterocycles. The number of carbonyl (C=O) groups is 2. The van der Waals surface area contributed by atoms with E-state index in [1.165, 1.54) is 12.3 Å². The SMILES string of the molecule is O=C(CCc1ccc(-c2ccccc2F)o1)NNC(=O)c1cccnc1. The summed E-state index contributed by atoms with van der Waals surface area (Å²) < 4.78 is 19.3. The van der Waals surface area contributed by atoms with Crippen molar-refractivity contribution in [2.24, 2.45) is 0 Å². The van der Waals surface area contributed by atoms with Gasteiger partial charge in [0.25, 0.3) is 5.91 Å². The molecule has 26 heavy (non-hydrogen) atoms. The molecule has 0 aliphatic carbocycles. The third-order valence-electron chi connectivity index (χ3n) is 3.64. The Morgan fingerprint density at radius 3 is 2.65 bits per heavy atom. The van der Waals surface area contributed by atoms with E-state index in [4.69, 9.17) is 4.42 Å². The smallest absolute Gasteiger partial charge is 0.271 e. The molecule has 0 fully saturated rings. The fourth-order valence-electron chi connectivity index (χ4n) is 2.31. The van der Waals surface area contributed by atoms with Gasteiger partial charge in [0.15, 0.2) is 0 Å². The van der Waals surface area contributed by atoms with Gasteiger partial charge in [0.05, 0.1) is 11.1 Å². The topological polar surface area (TPSA) is 84.2 Å². The molecule has 0 aliphatic rings. The maximum atomic E-state index is 13.7. The molecule has 2 heterocycles. The summed E-state index contributed by atoms with van der Waals surface area (Å²) in [7, 11) is 0. The molecule has 3 rings (SSSR count). The van der Waals surface area contributed by atoms with Crippen molar-refractivity contribution in [3.63, 3.8) is 0 Å². The summed E-state index contributed by atoms with van der Waals surface area (Å²) in [5.74, 6) is -0.234. The highest BCUT2D eigenvalue weighted by Gasteiger charge is 2.11. The molecular formula is C19H16FN3O3. The van der Waals surface area contributed by atoms with Gasteiger partial charge in [0.2, 0.25) is 5.91 Å². The highest BCUT2D eigenvalue weighted by molar-refractivity contribution is 5.95. The molecule has 3 aromatic rings. The van der Waals surface area contributed by atoms with Gasteiger partial charge in [0.1, 0.15) is 17.3 Å². The number of pyridine rings is 1. The lowest BCUT2D eigenvalue weighted by molar-refractivity contribution is -0.121. The molecule has 0 saturated carbocycles. The van der Waals surface area contributed by atoms with Crippen LogP contribution < -0.4 is 10.9 Å². The standard InChI is InChI=1S/C19H16FN3O3/c20-16-6-2-1-5-15(16)17-9-7-14(26-17)8-10-18(24)22-23-19(25)13-4-3-11-21-12-13/h1-7,9,11-12H,8,10H2,(H,22,24)(H,23,25). The zero-order valence-corrected chi connectivity index (χ0v) is 13.7. The lowest BCUT2D eigenvalue weighted by atomic mass is 10.1. The van der Waals surface area contributed by atoms with E-state index >= 15 is 0 Å². The van der Waals surface area contributed by atoms with E-state index in [1.807, 2.05) is 0 Å². The highest BCUT2D eigenvalue weighted by atomic mass is 19.1. The van der Waals surface area contributed by atoms with Gasteiger partial charge in [-0.2, -0.15) is 0 Å². The van der Waals surface area contributed by atoms with Gasteiger partial charge in [-0.1, -0.05) is 12.1 Å². The van der Waals surface area contributed by atoms with Crippen molar-refractivity contribution in [3.8, 4) is 11.3 Å². The average Bonchev–Trinajstić information content (AvgIpc) is 3.14. The number of hydrogen-bond acceptors (Lipinski definition) is 4. The second kappa shape index (κ2) is 8.06. The number of amides is 2. The van der Waals surface area contributed by atoms with E-state index in [-0.39, 0.29) is 18.1 Å². The molecule has 0 saturated heterocycles. The lowest BCUT2D eigenvalue weighted by Crippen LogP contribution is -2.41. The molecule has 0 bridgehead atoms. The minimum absolute atomic E-state index is 0.109. The van der Waals surface area contributed by atoms with Gasteiger partial charge in [-0.15, -0.1) is 0 Å². The molecule has 0 unspecified atom stereocenters. The minimum Gasteiger partial charge on any atom is -0.461 e. The number of carbonyl (C=O) groups excluding carboxylic acids is 2. The molecular weight excluding hydrogens is 337 g/mol. The Labute approximate surface area is 149 Å². The van der Waals surface area contributed by atoms with E-state index in [0.29, 0.717) is 29.1 Å². The number of nitrogens with zero attached hydrogens (tertiary/aromatic N) is 1. The summed E-state index contributed by atoms with van der Waals surface area (Å²) in [6.45, 7) is 0. The number of hydrazine groups is 1. The van der Waals surface area contributed by atoms with Gasteiger partial charge in [0, 0.05) is 25.2 Å². The highest BCUT2D eigenvalue weighted by Crippen LogP contribution is 2.25. The zero-order chi connectivity index (χ0) is 18.4. The average molecular weight is 353 g/mol. The van der Waals surface area contributed by atoms with Gasteiger partial charge in [-0.3, -0.25) is 25.4 Å². The summed E-state index contributed by atoms with van der Waals surface area (Å²) in [6.07, 6.45) is 3.38. The summed E-state index contributed by atoms with van der Waals surface area (Å²) in [5.41, 5.74) is 5.35. The van der Waals surface area contributed by atoms with Crippen LogP contribution in [0.3, 0.4) is 0 Å². The van der Waals surface area contributed by atoms with Crippen molar-refractivity contribution in [2.45, 2.75) is 12.8 Å². The van der Waals surface area contributed by atoms with Crippen LogP contribution in [-0.4, -0.2) is 16.8 Å². The number of aryl methyl sites for hydroxylation is 1. The first-order valence-corrected chi connectivity index (χ1v) is 7.96. The van der Waals surface area contributed by atoms with Crippen molar-refractivity contribution in [1.82, 2.24) is 15.8 Å². The molecule has 6 nitrogen and oxygen atoms in total. The van der Waals surface area contributed by atoms with Crippen LogP contribution in [0.4, 0.5) is 4.39 Å². The number of nitrogens with one attached hydrogen (secondary N) is 2. The number of benzene rings is 1. The van der Waals surface area contributed by atoms with Gasteiger partial charge >= 0.3 is 0 Å². The fraction of sp³-hybridized carbons (Fsp3) is 0.105. The van der Waals surface area contributed by atoms with Crippen molar-refractivity contribution in [3.05, 3.63) is 78.1 Å². The Kier molecular flexibility index (Phi) is 5.38. The predicted octanol–water partition coefficient (Wildman–Crippen LogP) is 2.87. The normalized spacial score (nSPS) is 10.3. The van der Waals surface area contributed by atoms with Crippen molar-refractivity contribution >= 4 is 11.8 Å². The monoisotopic (exact) mass is 353 g/mol. The first-order valence-electron chi connectivity index (χ1n) is 7.96. The molecule has 0 radical (unpaired) electrons. The maximum Gasteiger partial charge on any atom is 0.271 e. The first-order chi connectivity index (χ1) is 12.6. The van der Waals surface area contributed by atoms with Crippen molar-refractivity contribution in [1.29, 1.82) is 0 Å². The number of hydrogen-bond donors (Lipinski definition) is 2. The molecule has 2 N–H and O–H groups in total. The first kappa shape index (κ1) is 17.3. The zero-order valence-electron chi connectivity index (χ0n) is 13.7. The Hall–Kier alpha value is -3.48. The largest absolute Gasteiger partial charge is 0.461 e. The van der Waals surface area contributed by atoms with E-state index < -0.39 is 5.91 Å². The van der Waals surface area contributed by atoms with E-state index in [1.54, 1.807) is 48.7 Å². The second-order valence-electron chi connectivity index (χ2n) is 5.49. The molecule has 0 atom stereocenters. The molecule has 0 spiro atoms. The Morgan fingerprint density at radius 1 is 1.04 bits per heavy atom. The van der Waals surface area contributed by atoms with Gasteiger partial charge in [-0.25, -0.2) is 4.39 Å². The predicted molar refractivity (Wildman–Crippen MR) is 92.3 cm³/mol. The quantitative estimate of drug-likeness (QED) is 0.691. The lowest BCUT2D eigenvalue weighted by Gasteiger charge is -2.06. The van der Waals surface area contributed by atoms with Crippen LogP contribution in [0, 0.1) is 5.82 Å². The van der Waals surface area contributed by atoms with Crippen LogP contribution in [-0.2, 0) is 11.2 Å². The Morgan fingerprint density at radius 2 is 1.88 bits per heavy atom. The van der Waals surface area contributed by atoms with Crippen molar-refractivity contribution < 1.29 is 18.4 Å². The number of rotatable bonds is 5. The number of aromatic nitrogens is 1. The van der Waals surface area contributed by atoms with Crippen LogP contribution >= 0.6 is 0 Å². The van der Waals surface area contributed by atoms with E-state index in [0.717, 1.165) is 0 Å². The fourth-order valence-corrected chi connectivity index (χ4v) is 2.31. The van der Waals surface area contributed by atoms with Gasteiger partial charge in [-0.05, 0) is 36.4 Å². The summed E-state index contributed by atoms with van der Waals surface area (Å²) in [5, 5.41) is 0. The summed E-state index contributed by atoms with van der Waals surface area (Å²) in [4.78, 5) is 27.5. The van der Waals surface area contributed by atoms with Crippen LogP contribution in [0.25, 0.3) is 11.3 Å². The molecule has 132 valence electrons. The molecule has 7 heteroatoms. The Bertz CT molecular complexity index is 909. The summed E-state index contributed by atoms with van der Waals surface area (Å²) >= 11 is 0. The van der Waals surface area contributed by atoms with Crippen LogP contribution in [0.1, 0.15) is 22.5 Å². The van der Waals surface area contributed by atoms with Crippen LogP contribution in [0.5, 0.6) is 0 Å².